The fraction of sp³-hybridized carbons (Fsp3) is 0.588. The number of rotatable bonds is 3. The third-order valence-corrected chi connectivity index (χ3v) is 4.33. The molecule has 2 aliphatic rings. The number of alkyl halides is 3. The van der Waals surface area contributed by atoms with Crippen LogP contribution in [-0.4, -0.2) is 101 Å². The fourth-order valence-electron chi connectivity index (χ4n) is 3.07. The molecular weight excluding hydrogens is 397 g/mol. The van der Waals surface area contributed by atoms with E-state index < -0.39 is 17.7 Å². The number of aromatic amines is 1. The third kappa shape index (κ3) is 6.54. The molecule has 12 heteroatoms. The van der Waals surface area contributed by atoms with Gasteiger partial charge in [-0.25, -0.2) is 4.79 Å². The SMILES string of the molecule is C=CCN1CCOCC2(C1)CN(C(=O)c1ccn[nH]1)CCO2.O=C(O)C(F)(F)F. The smallest absolute Gasteiger partial charge is 0.475 e. The van der Waals surface area contributed by atoms with Gasteiger partial charge in [0.1, 0.15) is 11.3 Å². The summed E-state index contributed by atoms with van der Waals surface area (Å²) < 4.78 is 43.5. The highest BCUT2D eigenvalue weighted by atomic mass is 19.4. The number of hydrogen-bond acceptors (Lipinski definition) is 6. The highest BCUT2D eigenvalue weighted by molar-refractivity contribution is 5.92. The second-order valence-corrected chi connectivity index (χ2v) is 6.61. The Balaban J connectivity index is 0.000000370. The van der Waals surface area contributed by atoms with E-state index in [0.717, 1.165) is 19.6 Å². The minimum atomic E-state index is -5.08. The van der Waals surface area contributed by atoms with Gasteiger partial charge in [-0.3, -0.25) is 14.8 Å². The van der Waals surface area contributed by atoms with Crippen molar-refractivity contribution in [2.75, 3.05) is 52.5 Å². The molecule has 2 aliphatic heterocycles. The molecule has 1 spiro atoms. The first-order chi connectivity index (χ1) is 13.7. The molecule has 0 aliphatic carbocycles. The topological polar surface area (TPSA) is 108 Å². The van der Waals surface area contributed by atoms with E-state index in [0.29, 0.717) is 38.6 Å². The molecule has 0 saturated carbocycles. The van der Waals surface area contributed by atoms with E-state index in [1.807, 2.05) is 11.0 Å². The molecule has 1 aromatic heterocycles. The lowest BCUT2D eigenvalue weighted by Gasteiger charge is -2.43. The van der Waals surface area contributed by atoms with Crippen LogP contribution in [0.1, 0.15) is 10.5 Å². The van der Waals surface area contributed by atoms with Gasteiger partial charge in [0, 0.05) is 32.4 Å². The Morgan fingerprint density at radius 2 is 2.07 bits per heavy atom. The molecule has 0 bridgehead atoms. The standard InChI is InChI=1S/C15H22N4O3.C2HF3O2/c1-2-5-18-6-8-21-12-15(10-18)11-19(7-9-22-15)14(20)13-3-4-16-17-13;3-2(4,5)1(6)7/h2-4H,1,5-12H2,(H,16,17);(H,6,7). The number of nitrogens with zero attached hydrogens (tertiary/aromatic N) is 3. The van der Waals surface area contributed by atoms with Crippen LogP contribution < -0.4 is 0 Å². The lowest BCUT2D eigenvalue weighted by atomic mass is 10.0. The lowest BCUT2D eigenvalue weighted by molar-refractivity contribution is -0.192. The van der Waals surface area contributed by atoms with Crippen LogP contribution in [0.15, 0.2) is 24.9 Å². The van der Waals surface area contributed by atoms with Crippen molar-refractivity contribution >= 4 is 11.9 Å². The average molecular weight is 420 g/mol. The van der Waals surface area contributed by atoms with Gasteiger partial charge in [0.2, 0.25) is 0 Å². The highest BCUT2D eigenvalue weighted by Crippen LogP contribution is 2.23. The van der Waals surface area contributed by atoms with E-state index >= 15 is 0 Å². The summed E-state index contributed by atoms with van der Waals surface area (Å²) in [6, 6.07) is 1.69. The Bertz CT molecular complexity index is 698. The number of nitrogens with one attached hydrogen (secondary N) is 1. The first kappa shape index (κ1) is 22.8. The van der Waals surface area contributed by atoms with E-state index in [-0.39, 0.29) is 5.91 Å². The molecule has 0 aromatic carbocycles. The molecule has 2 fully saturated rings. The molecule has 3 rings (SSSR count). The van der Waals surface area contributed by atoms with Crippen LogP contribution in [0, 0.1) is 0 Å². The first-order valence-electron chi connectivity index (χ1n) is 8.80. The predicted molar refractivity (Wildman–Crippen MR) is 94.3 cm³/mol. The van der Waals surface area contributed by atoms with Crippen LogP contribution in [0.4, 0.5) is 13.2 Å². The minimum absolute atomic E-state index is 0.0420. The van der Waals surface area contributed by atoms with Crippen molar-refractivity contribution in [3.63, 3.8) is 0 Å². The summed E-state index contributed by atoms with van der Waals surface area (Å²) >= 11 is 0. The maximum Gasteiger partial charge on any atom is 0.490 e. The van der Waals surface area contributed by atoms with Gasteiger partial charge in [0.05, 0.1) is 26.4 Å². The van der Waals surface area contributed by atoms with Crippen LogP contribution >= 0.6 is 0 Å². The quantitative estimate of drug-likeness (QED) is 0.696. The molecule has 1 amide bonds. The van der Waals surface area contributed by atoms with Gasteiger partial charge < -0.3 is 19.5 Å². The summed E-state index contributed by atoms with van der Waals surface area (Å²) in [6.45, 7) is 9.00. The maximum absolute atomic E-state index is 12.5. The number of aromatic nitrogens is 2. The van der Waals surface area contributed by atoms with Crippen LogP contribution in [0.25, 0.3) is 0 Å². The third-order valence-electron chi connectivity index (χ3n) is 4.33. The average Bonchev–Trinajstić information content (AvgIpc) is 3.13. The Morgan fingerprint density at radius 1 is 1.34 bits per heavy atom. The van der Waals surface area contributed by atoms with Gasteiger partial charge in [0.15, 0.2) is 0 Å². The molecule has 1 atom stereocenters. The van der Waals surface area contributed by atoms with Crippen molar-refractivity contribution in [1.82, 2.24) is 20.0 Å². The molecule has 162 valence electrons. The number of ether oxygens (including phenoxy) is 2. The molecular formula is C17H23F3N4O5. The second-order valence-electron chi connectivity index (χ2n) is 6.61. The van der Waals surface area contributed by atoms with Gasteiger partial charge in [-0.2, -0.15) is 18.3 Å². The zero-order valence-electron chi connectivity index (χ0n) is 15.7. The maximum atomic E-state index is 12.5. The lowest BCUT2D eigenvalue weighted by Crippen LogP contribution is -2.59. The van der Waals surface area contributed by atoms with Crippen LogP contribution in [0.2, 0.25) is 0 Å². The van der Waals surface area contributed by atoms with E-state index in [9.17, 15) is 18.0 Å². The highest BCUT2D eigenvalue weighted by Gasteiger charge is 2.41. The van der Waals surface area contributed by atoms with Gasteiger partial charge in [-0.05, 0) is 6.07 Å². The molecule has 2 saturated heterocycles. The molecule has 1 unspecified atom stereocenters. The normalized spacial score (nSPS) is 23.1. The number of H-pyrrole nitrogens is 1. The van der Waals surface area contributed by atoms with Gasteiger partial charge >= 0.3 is 12.1 Å². The Morgan fingerprint density at radius 3 is 2.66 bits per heavy atom. The van der Waals surface area contributed by atoms with E-state index in [4.69, 9.17) is 19.4 Å². The number of morpholine rings is 1. The molecule has 1 aromatic rings. The van der Waals surface area contributed by atoms with E-state index in [1.54, 1.807) is 12.3 Å². The molecule has 2 N–H and O–H groups in total. The van der Waals surface area contributed by atoms with E-state index in [1.165, 1.54) is 0 Å². The van der Waals surface area contributed by atoms with Crippen LogP contribution in [0.5, 0.6) is 0 Å². The number of hydrogen-bond donors (Lipinski definition) is 2. The summed E-state index contributed by atoms with van der Waals surface area (Å²) in [5, 5.41) is 13.7. The summed E-state index contributed by atoms with van der Waals surface area (Å²) in [6.07, 6.45) is -1.61. The number of carbonyl (C=O) groups excluding carboxylic acids is 1. The molecule has 29 heavy (non-hydrogen) atoms. The Hall–Kier alpha value is -2.44. The largest absolute Gasteiger partial charge is 0.490 e. The van der Waals surface area contributed by atoms with Crippen LogP contribution in [0.3, 0.4) is 0 Å². The van der Waals surface area contributed by atoms with Gasteiger partial charge in [0.25, 0.3) is 5.91 Å². The van der Waals surface area contributed by atoms with Gasteiger partial charge in [-0.15, -0.1) is 6.58 Å². The minimum Gasteiger partial charge on any atom is -0.475 e. The summed E-state index contributed by atoms with van der Waals surface area (Å²) in [5.74, 6) is -2.80. The van der Waals surface area contributed by atoms with Crippen molar-refractivity contribution in [2.24, 2.45) is 0 Å². The Kier molecular flexibility index (Phi) is 7.76. The number of carboxylic acids is 1. The van der Waals surface area contributed by atoms with Crippen molar-refractivity contribution in [1.29, 1.82) is 0 Å². The van der Waals surface area contributed by atoms with Crippen LogP contribution in [-0.2, 0) is 14.3 Å². The predicted octanol–water partition coefficient (Wildman–Crippen LogP) is 0.772. The zero-order valence-corrected chi connectivity index (χ0v) is 15.7. The summed E-state index contributed by atoms with van der Waals surface area (Å²) in [7, 11) is 0. The molecule has 3 heterocycles. The van der Waals surface area contributed by atoms with Gasteiger partial charge in [-0.1, -0.05) is 6.08 Å². The molecule has 0 radical (unpaired) electrons. The number of halogens is 3. The van der Waals surface area contributed by atoms with E-state index in [2.05, 4.69) is 21.7 Å². The molecule has 9 nitrogen and oxygen atoms in total. The summed E-state index contributed by atoms with van der Waals surface area (Å²) in [5.41, 5.74) is 0.0440. The monoisotopic (exact) mass is 420 g/mol. The number of aliphatic carboxylic acids is 1. The summed E-state index contributed by atoms with van der Waals surface area (Å²) in [4.78, 5) is 25.5. The number of carboxylic acid groups (broad SMARTS) is 1. The number of amides is 1. The first-order valence-corrected chi connectivity index (χ1v) is 8.80. The van der Waals surface area contributed by atoms with Crippen molar-refractivity contribution in [3.05, 3.63) is 30.6 Å². The zero-order chi connectivity index (χ0) is 21.5. The van der Waals surface area contributed by atoms with Crippen molar-refractivity contribution in [2.45, 2.75) is 11.8 Å². The number of carbonyl (C=O) groups is 2. The second kappa shape index (κ2) is 9.85. The van der Waals surface area contributed by atoms with Crippen molar-refractivity contribution < 1.29 is 37.3 Å². The Labute approximate surface area is 165 Å². The van der Waals surface area contributed by atoms with Crippen molar-refractivity contribution in [3.8, 4) is 0 Å². The fourth-order valence-corrected chi connectivity index (χ4v) is 3.07.